The number of hydrogen-bond acceptors (Lipinski definition) is 4. The molecule has 2 rings (SSSR count). The number of hydrogen-bond donors (Lipinski definition) is 2. The molecule has 1 aromatic carbocycles. The third-order valence-corrected chi connectivity index (χ3v) is 3.58. The number of halogens is 1. The van der Waals surface area contributed by atoms with Crippen molar-refractivity contribution in [3.05, 3.63) is 42.1 Å². The van der Waals surface area contributed by atoms with Gasteiger partial charge in [0.2, 0.25) is 0 Å². The summed E-state index contributed by atoms with van der Waals surface area (Å²) < 4.78 is 0. The smallest absolute Gasteiger partial charge is 0.257 e. The number of nitrogens with two attached hydrogens (primary N) is 1. The van der Waals surface area contributed by atoms with Gasteiger partial charge in [-0.2, -0.15) is 5.10 Å². The first-order valence-electron chi connectivity index (χ1n) is 7.05. The molecule has 118 valence electrons. The Morgan fingerprint density at radius 1 is 1.45 bits per heavy atom. The molecule has 3 N–H and O–H groups in total. The van der Waals surface area contributed by atoms with Crippen LogP contribution in [0.25, 0.3) is 10.9 Å². The van der Waals surface area contributed by atoms with Gasteiger partial charge in [0, 0.05) is 11.6 Å². The van der Waals surface area contributed by atoms with E-state index in [4.69, 9.17) is 5.73 Å². The average Bonchev–Trinajstić information content (AvgIpc) is 2.53. The van der Waals surface area contributed by atoms with Gasteiger partial charge in [0.15, 0.2) is 0 Å². The number of hydrazone groups is 1. The Balaban J connectivity index is 0.00000242. The van der Waals surface area contributed by atoms with Crippen LogP contribution in [0.5, 0.6) is 0 Å². The fraction of sp³-hybridized carbons (Fsp3) is 0.312. The van der Waals surface area contributed by atoms with Crippen molar-refractivity contribution in [2.24, 2.45) is 16.8 Å². The van der Waals surface area contributed by atoms with E-state index < -0.39 is 6.04 Å². The molecule has 0 aliphatic rings. The largest absolute Gasteiger partial charge is 0.320 e. The van der Waals surface area contributed by atoms with E-state index in [1.54, 1.807) is 12.4 Å². The van der Waals surface area contributed by atoms with Crippen LogP contribution in [-0.2, 0) is 4.79 Å². The number of nitrogens with one attached hydrogen (secondary N) is 1. The van der Waals surface area contributed by atoms with Crippen molar-refractivity contribution in [3.63, 3.8) is 0 Å². The number of nitrogens with zero attached hydrogens (tertiary/aromatic N) is 2. The lowest BCUT2D eigenvalue weighted by molar-refractivity contribution is -0.123. The molecule has 2 aromatic rings. The lowest BCUT2D eigenvalue weighted by Crippen LogP contribution is -2.42. The molecule has 2 atom stereocenters. The lowest BCUT2D eigenvalue weighted by atomic mass is 10.00. The van der Waals surface area contributed by atoms with Crippen LogP contribution in [0.2, 0.25) is 0 Å². The lowest BCUT2D eigenvalue weighted by Gasteiger charge is -2.15. The molecule has 1 amide bonds. The van der Waals surface area contributed by atoms with E-state index in [2.05, 4.69) is 15.5 Å². The quantitative estimate of drug-likeness (QED) is 0.656. The highest BCUT2D eigenvalue weighted by molar-refractivity contribution is 5.89. The van der Waals surface area contributed by atoms with Gasteiger partial charge < -0.3 is 5.73 Å². The summed E-state index contributed by atoms with van der Waals surface area (Å²) in [5, 5.41) is 4.99. The van der Waals surface area contributed by atoms with E-state index in [0.717, 1.165) is 22.9 Å². The van der Waals surface area contributed by atoms with Gasteiger partial charge in [0.25, 0.3) is 5.91 Å². The van der Waals surface area contributed by atoms with Crippen molar-refractivity contribution in [3.8, 4) is 0 Å². The second kappa shape index (κ2) is 8.46. The Labute approximate surface area is 136 Å². The van der Waals surface area contributed by atoms with Crippen LogP contribution in [-0.4, -0.2) is 23.1 Å². The molecule has 0 aliphatic carbocycles. The highest BCUT2D eigenvalue weighted by Crippen LogP contribution is 2.11. The van der Waals surface area contributed by atoms with Gasteiger partial charge in [0.05, 0.1) is 17.8 Å². The summed E-state index contributed by atoms with van der Waals surface area (Å²) in [5.74, 6) is -0.130. The van der Waals surface area contributed by atoms with Crippen molar-refractivity contribution < 1.29 is 4.79 Å². The van der Waals surface area contributed by atoms with Crippen LogP contribution in [0.1, 0.15) is 25.8 Å². The third-order valence-electron chi connectivity index (χ3n) is 3.58. The van der Waals surface area contributed by atoms with Gasteiger partial charge in [-0.3, -0.25) is 9.78 Å². The fourth-order valence-corrected chi connectivity index (χ4v) is 1.93. The Morgan fingerprint density at radius 2 is 2.23 bits per heavy atom. The topological polar surface area (TPSA) is 80.4 Å². The minimum absolute atomic E-state index is 0. The van der Waals surface area contributed by atoms with Crippen LogP contribution < -0.4 is 11.2 Å². The number of pyridine rings is 1. The van der Waals surface area contributed by atoms with Gasteiger partial charge in [-0.15, -0.1) is 12.4 Å². The normalized spacial score (nSPS) is 13.6. The molecule has 1 heterocycles. The first-order valence-corrected chi connectivity index (χ1v) is 7.05. The zero-order valence-corrected chi connectivity index (χ0v) is 13.5. The highest BCUT2D eigenvalue weighted by atomic mass is 35.5. The van der Waals surface area contributed by atoms with Crippen LogP contribution in [0.15, 0.2) is 41.6 Å². The van der Waals surface area contributed by atoms with E-state index in [-0.39, 0.29) is 24.2 Å². The van der Waals surface area contributed by atoms with E-state index >= 15 is 0 Å². The Hall–Kier alpha value is -1.98. The summed E-state index contributed by atoms with van der Waals surface area (Å²) >= 11 is 0. The summed E-state index contributed by atoms with van der Waals surface area (Å²) in [6.07, 6.45) is 4.22. The number of amides is 1. The fourth-order valence-electron chi connectivity index (χ4n) is 1.93. The first-order chi connectivity index (χ1) is 10.1. The van der Waals surface area contributed by atoms with Crippen molar-refractivity contribution in [2.45, 2.75) is 26.3 Å². The van der Waals surface area contributed by atoms with Gasteiger partial charge in [-0.05, 0) is 29.7 Å². The molecular weight excluding hydrogens is 300 g/mol. The summed E-state index contributed by atoms with van der Waals surface area (Å²) in [4.78, 5) is 16.0. The molecule has 6 heteroatoms. The van der Waals surface area contributed by atoms with Crippen molar-refractivity contribution in [1.82, 2.24) is 10.4 Å². The van der Waals surface area contributed by atoms with Crippen molar-refractivity contribution in [2.75, 3.05) is 0 Å². The van der Waals surface area contributed by atoms with Gasteiger partial charge in [-0.1, -0.05) is 32.4 Å². The standard InChI is InChI=1S/C16H20N4O.ClH/c1-3-11(2)15(17)16(21)20-19-10-12-6-7-14-13(9-12)5-4-8-18-14;/h4-11,15H,3,17H2,1-2H3,(H,20,21);1H/b19-10+;/t11?,15-;/m1./s1. The summed E-state index contributed by atoms with van der Waals surface area (Å²) in [6, 6.07) is 9.12. The second-order valence-corrected chi connectivity index (χ2v) is 5.10. The minimum Gasteiger partial charge on any atom is -0.320 e. The van der Waals surface area contributed by atoms with Crippen molar-refractivity contribution in [1.29, 1.82) is 0 Å². The molecule has 0 spiro atoms. The predicted molar refractivity (Wildman–Crippen MR) is 92.2 cm³/mol. The Morgan fingerprint density at radius 3 is 2.95 bits per heavy atom. The summed E-state index contributed by atoms with van der Waals surface area (Å²) in [6.45, 7) is 3.95. The molecule has 0 saturated carbocycles. The zero-order valence-electron chi connectivity index (χ0n) is 12.7. The number of carbonyl (C=O) groups is 1. The number of benzene rings is 1. The van der Waals surface area contributed by atoms with Crippen LogP contribution >= 0.6 is 12.4 Å². The number of carbonyl (C=O) groups excluding carboxylic acids is 1. The second-order valence-electron chi connectivity index (χ2n) is 5.10. The number of aromatic nitrogens is 1. The van der Waals surface area contributed by atoms with Gasteiger partial charge in [-0.25, -0.2) is 5.43 Å². The molecule has 0 radical (unpaired) electrons. The van der Waals surface area contributed by atoms with Crippen LogP contribution in [0, 0.1) is 5.92 Å². The summed E-state index contributed by atoms with van der Waals surface area (Å²) in [5.41, 5.74) is 10.1. The number of rotatable bonds is 5. The highest BCUT2D eigenvalue weighted by Gasteiger charge is 2.18. The van der Waals surface area contributed by atoms with Crippen LogP contribution in [0.4, 0.5) is 0 Å². The van der Waals surface area contributed by atoms with Gasteiger partial charge in [0.1, 0.15) is 0 Å². The molecular formula is C16H21ClN4O. The van der Waals surface area contributed by atoms with E-state index in [0.29, 0.717) is 0 Å². The Bertz CT molecular complexity index is 659. The van der Waals surface area contributed by atoms with Gasteiger partial charge >= 0.3 is 0 Å². The maximum absolute atomic E-state index is 11.8. The molecule has 0 saturated heterocycles. The molecule has 1 aromatic heterocycles. The minimum atomic E-state index is -0.534. The molecule has 0 bridgehead atoms. The van der Waals surface area contributed by atoms with E-state index in [1.807, 2.05) is 44.2 Å². The molecule has 0 aliphatic heterocycles. The van der Waals surface area contributed by atoms with Crippen molar-refractivity contribution >= 4 is 35.4 Å². The van der Waals surface area contributed by atoms with Crippen LogP contribution in [0.3, 0.4) is 0 Å². The summed E-state index contributed by atoms with van der Waals surface area (Å²) in [7, 11) is 0. The molecule has 5 nitrogen and oxygen atoms in total. The van der Waals surface area contributed by atoms with E-state index in [1.165, 1.54) is 0 Å². The van der Waals surface area contributed by atoms with E-state index in [9.17, 15) is 4.79 Å². The monoisotopic (exact) mass is 320 g/mol. The maximum atomic E-state index is 11.8. The predicted octanol–water partition coefficient (Wildman–Crippen LogP) is 2.48. The maximum Gasteiger partial charge on any atom is 0.257 e. The first kappa shape index (κ1) is 18.1. The number of fused-ring (bicyclic) bond motifs is 1. The molecule has 0 fully saturated rings. The molecule has 22 heavy (non-hydrogen) atoms. The SMILES string of the molecule is CCC(C)[C@@H](N)C(=O)N/N=C/c1ccc2ncccc2c1.Cl. The molecule has 1 unspecified atom stereocenters. The third kappa shape index (κ3) is 4.51. The zero-order chi connectivity index (χ0) is 15.2. The average molecular weight is 321 g/mol. The Kier molecular flexibility index (Phi) is 6.95.